The van der Waals surface area contributed by atoms with Crippen molar-refractivity contribution in [2.75, 3.05) is 17.7 Å². The number of nitrogens with one attached hydrogen (secondary N) is 2. The van der Waals surface area contributed by atoms with Crippen LogP contribution < -0.4 is 10.6 Å². The number of carbonyl (C=O) groups excluding carboxylic acids is 2. The summed E-state index contributed by atoms with van der Waals surface area (Å²) in [6.07, 6.45) is 0.824. The number of rotatable bonds is 2. The molecule has 2 N–H and O–H groups in total. The van der Waals surface area contributed by atoms with Crippen LogP contribution in [0.4, 0.5) is 5.69 Å². The number of hydrogen-bond donors (Lipinski definition) is 2. The Morgan fingerprint density at radius 3 is 3.06 bits per heavy atom. The van der Waals surface area contributed by atoms with Gasteiger partial charge in [0.15, 0.2) is 0 Å². The minimum atomic E-state index is -0.280. The van der Waals surface area contributed by atoms with Gasteiger partial charge in [-0.25, -0.2) is 0 Å². The number of carbonyl (C=O) groups is 2. The lowest BCUT2D eigenvalue weighted by atomic mass is 10.00. The second kappa shape index (κ2) is 4.53. The Morgan fingerprint density at radius 1 is 1.50 bits per heavy atom. The van der Waals surface area contributed by atoms with Crippen LogP contribution in [0, 0.1) is 0 Å². The first kappa shape index (κ1) is 11.0. The number of amides is 2. The van der Waals surface area contributed by atoms with Crippen LogP contribution in [-0.2, 0) is 11.2 Å². The Hall–Kier alpha value is -1.55. The lowest BCUT2D eigenvalue weighted by molar-refractivity contribution is -0.113. The predicted molar refractivity (Wildman–Crippen MR) is 61.8 cm³/mol. The summed E-state index contributed by atoms with van der Waals surface area (Å²) in [5.74, 6) is -0.468. The van der Waals surface area contributed by atoms with E-state index >= 15 is 0 Å². The fraction of sp³-hybridized carbons (Fsp3) is 0.273. The zero-order valence-corrected chi connectivity index (χ0v) is 9.30. The van der Waals surface area contributed by atoms with Crippen LogP contribution in [0.2, 0.25) is 0 Å². The van der Waals surface area contributed by atoms with Crippen LogP contribution in [0.25, 0.3) is 0 Å². The molecule has 0 saturated carbocycles. The minimum absolute atomic E-state index is 0.0940. The number of anilines is 1. The number of halogens is 1. The Bertz CT molecular complexity index is 446. The summed E-state index contributed by atoms with van der Waals surface area (Å²) in [5, 5.41) is 5.37. The van der Waals surface area contributed by atoms with E-state index in [1.165, 1.54) is 0 Å². The summed E-state index contributed by atoms with van der Waals surface area (Å²) in [6.45, 7) is 0.666. The molecule has 1 heterocycles. The van der Waals surface area contributed by atoms with Crippen molar-refractivity contribution in [1.29, 1.82) is 0 Å². The molecule has 0 radical (unpaired) electrons. The molecule has 16 heavy (non-hydrogen) atoms. The largest absolute Gasteiger partial charge is 0.352 e. The van der Waals surface area contributed by atoms with E-state index < -0.39 is 0 Å². The molecule has 84 valence electrons. The molecule has 1 aromatic rings. The SMILES string of the molecule is O=C(CCl)Nc1ccc2c(c1)C(=O)NCC2. The molecule has 4 nitrogen and oxygen atoms in total. The molecular weight excluding hydrogens is 228 g/mol. The molecule has 1 aromatic carbocycles. The van der Waals surface area contributed by atoms with Crippen LogP contribution in [0.5, 0.6) is 0 Å². The van der Waals surface area contributed by atoms with Gasteiger partial charge in [0.25, 0.3) is 5.91 Å². The van der Waals surface area contributed by atoms with Gasteiger partial charge in [0.05, 0.1) is 0 Å². The molecule has 0 unspecified atom stereocenters. The molecule has 0 bridgehead atoms. The van der Waals surface area contributed by atoms with Gasteiger partial charge in [-0.05, 0) is 24.1 Å². The summed E-state index contributed by atoms with van der Waals surface area (Å²) in [4.78, 5) is 22.6. The van der Waals surface area contributed by atoms with E-state index in [1.807, 2.05) is 6.07 Å². The van der Waals surface area contributed by atoms with Gasteiger partial charge in [-0.3, -0.25) is 9.59 Å². The van der Waals surface area contributed by atoms with E-state index in [2.05, 4.69) is 10.6 Å². The van der Waals surface area contributed by atoms with Crippen molar-refractivity contribution in [2.24, 2.45) is 0 Å². The summed E-state index contributed by atoms with van der Waals surface area (Å²) >= 11 is 5.38. The molecular formula is C11H11ClN2O2. The van der Waals surface area contributed by atoms with Crippen molar-refractivity contribution in [1.82, 2.24) is 5.32 Å². The van der Waals surface area contributed by atoms with Crippen molar-refractivity contribution < 1.29 is 9.59 Å². The maximum absolute atomic E-state index is 11.5. The molecule has 2 amide bonds. The number of fused-ring (bicyclic) bond motifs is 1. The van der Waals surface area contributed by atoms with Gasteiger partial charge in [0.1, 0.15) is 5.88 Å². The van der Waals surface area contributed by atoms with Gasteiger partial charge in [0.2, 0.25) is 5.91 Å². The molecule has 1 aliphatic heterocycles. The van der Waals surface area contributed by atoms with Crippen LogP contribution in [0.3, 0.4) is 0 Å². The van der Waals surface area contributed by atoms with Crippen molar-refractivity contribution in [3.63, 3.8) is 0 Å². The van der Waals surface area contributed by atoms with Crippen molar-refractivity contribution in [2.45, 2.75) is 6.42 Å². The fourth-order valence-corrected chi connectivity index (χ4v) is 1.75. The first-order valence-corrected chi connectivity index (χ1v) is 5.51. The third-order valence-corrected chi connectivity index (χ3v) is 2.68. The van der Waals surface area contributed by atoms with Gasteiger partial charge in [0, 0.05) is 17.8 Å². The normalized spacial score (nSPS) is 13.9. The average Bonchev–Trinajstić information content (AvgIpc) is 2.30. The summed E-state index contributed by atoms with van der Waals surface area (Å²) in [7, 11) is 0. The maximum atomic E-state index is 11.5. The van der Waals surface area contributed by atoms with Crippen molar-refractivity contribution >= 4 is 29.1 Å². The lowest BCUT2D eigenvalue weighted by Gasteiger charge is -2.17. The monoisotopic (exact) mass is 238 g/mol. The van der Waals surface area contributed by atoms with Gasteiger partial charge in [-0.1, -0.05) is 6.07 Å². The molecule has 2 rings (SSSR count). The third-order valence-electron chi connectivity index (χ3n) is 2.44. The van der Waals surface area contributed by atoms with E-state index in [0.717, 1.165) is 12.0 Å². The third kappa shape index (κ3) is 2.17. The molecule has 0 aliphatic carbocycles. The van der Waals surface area contributed by atoms with Crippen LogP contribution in [-0.4, -0.2) is 24.2 Å². The van der Waals surface area contributed by atoms with E-state index in [-0.39, 0.29) is 17.7 Å². The van der Waals surface area contributed by atoms with E-state index in [0.29, 0.717) is 17.8 Å². The zero-order valence-electron chi connectivity index (χ0n) is 8.55. The second-order valence-electron chi connectivity index (χ2n) is 3.56. The zero-order chi connectivity index (χ0) is 11.5. The van der Waals surface area contributed by atoms with Crippen molar-refractivity contribution in [3.8, 4) is 0 Å². The summed E-state index contributed by atoms with van der Waals surface area (Å²) < 4.78 is 0. The maximum Gasteiger partial charge on any atom is 0.251 e. The highest BCUT2D eigenvalue weighted by Gasteiger charge is 2.16. The standard InChI is InChI=1S/C11H11ClN2O2/c12-6-10(15)14-8-2-1-7-3-4-13-11(16)9(7)5-8/h1-2,5H,3-4,6H2,(H,13,16)(H,14,15). The lowest BCUT2D eigenvalue weighted by Crippen LogP contribution is -2.31. The summed E-state index contributed by atoms with van der Waals surface area (Å²) in [6, 6.07) is 5.31. The van der Waals surface area contributed by atoms with E-state index in [9.17, 15) is 9.59 Å². The predicted octanol–water partition coefficient (Wildman–Crippen LogP) is 1.15. The van der Waals surface area contributed by atoms with Crippen LogP contribution in [0.1, 0.15) is 15.9 Å². The van der Waals surface area contributed by atoms with E-state index in [1.54, 1.807) is 12.1 Å². The first-order valence-electron chi connectivity index (χ1n) is 4.97. The smallest absolute Gasteiger partial charge is 0.251 e. The molecule has 0 spiro atoms. The fourth-order valence-electron chi connectivity index (χ4n) is 1.68. The number of hydrogen-bond acceptors (Lipinski definition) is 2. The Kier molecular flexibility index (Phi) is 3.10. The van der Waals surface area contributed by atoms with E-state index in [4.69, 9.17) is 11.6 Å². The first-order chi connectivity index (χ1) is 7.70. The molecule has 0 atom stereocenters. The molecule has 0 saturated heterocycles. The van der Waals surface area contributed by atoms with Crippen LogP contribution in [0.15, 0.2) is 18.2 Å². The quantitative estimate of drug-likeness (QED) is 0.760. The van der Waals surface area contributed by atoms with Gasteiger partial charge >= 0.3 is 0 Å². The minimum Gasteiger partial charge on any atom is -0.352 e. The Morgan fingerprint density at radius 2 is 2.31 bits per heavy atom. The van der Waals surface area contributed by atoms with Gasteiger partial charge < -0.3 is 10.6 Å². The Labute approximate surface area is 98.0 Å². The summed E-state index contributed by atoms with van der Waals surface area (Å²) in [5.41, 5.74) is 2.23. The van der Waals surface area contributed by atoms with Crippen LogP contribution >= 0.6 is 11.6 Å². The number of benzene rings is 1. The Balaban J connectivity index is 2.27. The number of alkyl halides is 1. The molecule has 5 heteroatoms. The second-order valence-corrected chi connectivity index (χ2v) is 3.83. The highest BCUT2D eigenvalue weighted by atomic mass is 35.5. The topological polar surface area (TPSA) is 58.2 Å². The average molecular weight is 239 g/mol. The van der Waals surface area contributed by atoms with Gasteiger partial charge in [-0.15, -0.1) is 11.6 Å². The van der Waals surface area contributed by atoms with Crippen molar-refractivity contribution in [3.05, 3.63) is 29.3 Å². The highest BCUT2D eigenvalue weighted by molar-refractivity contribution is 6.29. The highest BCUT2D eigenvalue weighted by Crippen LogP contribution is 2.18. The molecule has 0 aromatic heterocycles. The molecule has 0 fully saturated rings. The molecule has 1 aliphatic rings. The van der Waals surface area contributed by atoms with Gasteiger partial charge in [-0.2, -0.15) is 0 Å².